The van der Waals surface area contributed by atoms with Crippen molar-refractivity contribution in [3.63, 3.8) is 0 Å². The van der Waals surface area contributed by atoms with E-state index < -0.39 is 52.6 Å². The maximum Gasteiger partial charge on any atom is 0.421 e. The normalized spacial score (nSPS) is 22.6. The lowest BCUT2D eigenvalue weighted by atomic mass is 9.58. The number of rotatable bonds is 2. The number of hydrogen-bond donors (Lipinski definition) is 0. The number of anilines is 1. The van der Waals surface area contributed by atoms with Crippen molar-refractivity contribution in [2.24, 2.45) is 0 Å². The smallest absolute Gasteiger partial charge is 0.421 e. The Balaban J connectivity index is 2.07. The van der Waals surface area contributed by atoms with Gasteiger partial charge in [-0.15, -0.1) is 0 Å². The van der Waals surface area contributed by atoms with Crippen LogP contribution in [-0.2, 0) is 24.5 Å². The number of nitrogens with zero attached hydrogens (tertiary/aromatic N) is 2. The molecule has 2 aliphatic rings. The molecule has 0 radical (unpaired) electrons. The zero-order valence-electron chi connectivity index (χ0n) is 24.2. The van der Waals surface area contributed by atoms with Gasteiger partial charge in [0.05, 0.1) is 11.7 Å². The predicted molar refractivity (Wildman–Crippen MR) is 157 cm³/mol. The number of carbonyl (C=O) groups excluding carboxylic acids is 4. The van der Waals surface area contributed by atoms with Gasteiger partial charge >= 0.3 is 12.2 Å². The van der Waals surface area contributed by atoms with E-state index in [0.29, 0.717) is 21.7 Å². The molecule has 3 atom stereocenters. The fraction of sp³-hybridized carbons (Fsp3) is 0.419. The van der Waals surface area contributed by atoms with Crippen molar-refractivity contribution in [3.8, 4) is 0 Å². The van der Waals surface area contributed by atoms with Crippen LogP contribution in [-0.4, -0.2) is 46.1 Å². The van der Waals surface area contributed by atoms with Crippen LogP contribution in [0.15, 0.2) is 54.6 Å². The summed E-state index contributed by atoms with van der Waals surface area (Å²) in [4.78, 5) is 58.0. The zero-order valence-corrected chi connectivity index (χ0v) is 25.7. The van der Waals surface area contributed by atoms with Crippen LogP contribution < -0.4 is 4.90 Å². The summed E-state index contributed by atoms with van der Waals surface area (Å²) in [6.45, 7) is 15.9. The second-order valence-electron chi connectivity index (χ2n) is 12.5. The molecule has 2 aromatic carbocycles. The third-order valence-corrected chi connectivity index (χ3v) is 7.44. The Labute approximate surface area is 250 Å². The molecule has 2 aliphatic heterocycles. The number of halogens is 2. The maximum absolute atomic E-state index is 14.9. The first kappa shape index (κ1) is 30.6. The van der Waals surface area contributed by atoms with Gasteiger partial charge in [-0.25, -0.2) is 19.4 Å². The average Bonchev–Trinajstić information content (AvgIpc) is 3.05. The SMILES string of the molecule is C=C(C)C1N(C(=O)OC(C)(C)C)C(=O)CC(c2cccc(Cl)c2)C12C(=O)N(C(=O)OC(C)(C)C)c1cc(Cl)ccc12. The molecular weight excluding hydrogens is 567 g/mol. The molecule has 1 fully saturated rings. The summed E-state index contributed by atoms with van der Waals surface area (Å²) in [5.41, 5.74) is -2.00. The molecule has 2 heterocycles. The van der Waals surface area contributed by atoms with Crippen LogP contribution in [0.1, 0.15) is 71.9 Å². The van der Waals surface area contributed by atoms with Crippen LogP contribution in [0.3, 0.4) is 0 Å². The first-order valence-electron chi connectivity index (χ1n) is 13.2. The maximum atomic E-state index is 14.9. The number of likely N-dealkylation sites (tertiary alicyclic amines) is 1. The zero-order chi connectivity index (χ0) is 30.7. The fourth-order valence-electron chi connectivity index (χ4n) is 5.74. The van der Waals surface area contributed by atoms with Gasteiger partial charge in [0.15, 0.2) is 0 Å². The van der Waals surface area contributed by atoms with Gasteiger partial charge in [0.1, 0.15) is 16.6 Å². The molecule has 0 aliphatic carbocycles. The van der Waals surface area contributed by atoms with E-state index in [1.807, 2.05) is 0 Å². The summed E-state index contributed by atoms with van der Waals surface area (Å²) >= 11 is 12.8. The summed E-state index contributed by atoms with van der Waals surface area (Å²) < 4.78 is 11.3. The van der Waals surface area contributed by atoms with Gasteiger partial charge in [0.2, 0.25) is 11.8 Å². The summed E-state index contributed by atoms with van der Waals surface area (Å²) in [6.07, 6.45) is -2.08. The molecular formula is C31H34Cl2N2O6. The molecule has 1 saturated heterocycles. The molecule has 4 amide bonds. The van der Waals surface area contributed by atoms with E-state index >= 15 is 0 Å². The highest BCUT2D eigenvalue weighted by Gasteiger charge is 2.67. The number of imide groups is 2. The molecule has 1 spiro atoms. The second kappa shape index (κ2) is 10.5. The van der Waals surface area contributed by atoms with Gasteiger partial charge in [0, 0.05) is 22.4 Å². The van der Waals surface area contributed by atoms with E-state index in [4.69, 9.17) is 32.7 Å². The molecule has 4 rings (SSSR count). The largest absolute Gasteiger partial charge is 0.443 e. The van der Waals surface area contributed by atoms with E-state index in [-0.39, 0.29) is 17.1 Å². The van der Waals surface area contributed by atoms with E-state index in [2.05, 4.69) is 6.58 Å². The number of piperidine rings is 1. The topological polar surface area (TPSA) is 93.2 Å². The van der Waals surface area contributed by atoms with E-state index in [9.17, 15) is 19.2 Å². The third-order valence-electron chi connectivity index (χ3n) is 6.97. The molecule has 0 saturated carbocycles. The van der Waals surface area contributed by atoms with Crippen molar-refractivity contribution in [2.45, 2.75) is 83.5 Å². The minimum atomic E-state index is -1.68. The molecule has 0 aromatic heterocycles. The summed E-state index contributed by atoms with van der Waals surface area (Å²) in [7, 11) is 0. The predicted octanol–water partition coefficient (Wildman–Crippen LogP) is 7.41. The number of amides is 4. The highest BCUT2D eigenvalue weighted by atomic mass is 35.5. The molecule has 0 bridgehead atoms. The van der Waals surface area contributed by atoms with Crippen molar-refractivity contribution in [2.75, 3.05) is 4.90 Å². The molecule has 10 heteroatoms. The van der Waals surface area contributed by atoms with Crippen LogP contribution in [0.5, 0.6) is 0 Å². The first-order chi connectivity index (χ1) is 18.9. The first-order valence-corrected chi connectivity index (χ1v) is 14.0. The van der Waals surface area contributed by atoms with Crippen LogP contribution in [0.2, 0.25) is 10.0 Å². The van der Waals surface area contributed by atoms with Crippen molar-refractivity contribution in [1.29, 1.82) is 0 Å². The molecule has 218 valence electrons. The third kappa shape index (κ3) is 5.47. The lowest BCUT2D eigenvalue weighted by Crippen LogP contribution is -2.66. The Morgan fingerprint density at radius 1 is 0.927 bits per heavy atom. The Morgan fingerprint density at radius 2 is 1.51 bits per heavy atom. The van der Waals surface area contributed by atoms with Crippen LogP contribution >= 0.6 is 23.2 Å². The fourth-order valence-corrected chi connectivity index (χ4v) is 6.11. The molecule has 8 nitrogen and oxygen atoms in total. The van der Waals surface area contributed by atoms with E-state index in [1.165, 1.54) is 6.07 Å². The Kier molecular flexibility index (Phi) is 7.82. The van der Waals surface area contributed by atoms with Crippen LogP contribution in [0.4, 0.5) is 15.3 Å². The Morgan fingerprint density at radius 3 is 2.07 bits per heavy atom. The van der Waals surface area contributed by atoms with Gasteiger partial charge in [-0.2, -0.15) is 0 Å². The van der Waals surface area contributed by atoms with Crippen LogP contribution in [0, 0.1) is 0 Å². The summed E-state index contributed by atoms with van der Waals surface area (Å²) in [5.74, 6) is -2.07. The van der Waals surface area contributed by atoms with E-state index in [0.717, 1.165) is 9.80 Å². The lowest BCUT2D eigenvalue weighted by molar-refractivity contribution is -0.142. The standard InChI is InChI=1S/C31H34Cl2N2O6/c1-17(2)25-31(21-13-12-20(33)15-23(21)34(26(31)37)27(38)40-29(3,4)5)22(18-10-9-11-19(32)14-18)16-24(36)35(25)28(39)41-30(6,7)8/h9-15,22,25H,1,16H2,2-8H3. The van der Waals surface area contributed by atoms with Gasteiger partial charge in [0.25, 0.3) is 0 Å². The number of ether oxygens (including phenoxy) is 2. The number of hydrogen-bond acceptors (Lipinski definition) is 6. The number of fused-ring (bicyclic) bond motifs is 2. The number of carbonyl (C=O) groups is 4. The highest BCUT2D eigenvalue weighted by molar-refractivity contribution is 6.32. The van der Waals surface area contributed by atoms with Gasteiger partial charge in [-0.3, -0.25) is 9.59 Å². The Hall–Kier alpha value is -3.36. The van der Waals surface area contributed by atoms with E-state index in [1.54, 1.807) is 84.9 Å². The lowest BCUT2D eigenvalue weighted by Gasteiger charge is -2.50. The molecule has 3 unspecified atom stereocenters. The summed E-state index contributed by atoms with van der Waals surface area (Å²) in [5, 5.41) is 0.682. The summed E-state index contributed by atoms with van der Waals surface area (Å²) in [6, 6.07) is 10.4. The van der Waals surface area contributed by atoms with Crippen LogP contribution in [0.25, 0.3) is 0 Å². The molecule has 2 aromatic rings. The monoisotopic (exact) mass is 600 g/mol. The second-order valence-corrected chi connectivity index (χ2v) is 13.3. The molecule has 0 N–H and O–H groups in total. The quantitative estimate of drug-likeness (QED) is 0.333. The van der Waals surface area contributed by atoms with Gasteiger partial charge < -0.3 is 9.47 Å². The Bertz CT molecular complexity index is 1460. The van der Waals surface area contributed by atoms with Crippen molar-refractivity contribution >= 4 is 52.9 Å². The van der Waals surface area contributed by atoms with Gasteiger partial charge in [-0.1, -0.05) is 53.6 Å². The van der Waals surface area contributed by atoms with Crippen molar-refractivity contribution in [1.82, 2.24) is 4.90 Å². The minimum absolute atomic E-state index is 0.202. The highest BCUT2D eigenvalue weighted by Crippen LogP contribution is 2.58. The van der Waals surface area contributed by atoms with Crippen molar-refractivity contribution < 1.29 is 28.7 Å². The number of benzene rings is 2. The van der Waals surface area contributed by atoms with Gasteiger partial charge in [-0.05, 0) is 83.9 Å². The average molecular weight is 602 g/mol. The minimum Gasteiger partial charge on any atom is -0.443 e. The molecule has 41 heavy (non-hydrogen) atoms. The van der Waals surface area contributed by atoms with Crippen molar-refractivity contribution in [3.05, 3.63) is 75.8 Å².